The van der Waals surface area contributed by atoms with Gasteiger partial charge >= 0.3 is 5.69 Å². The number of carbonyl (C=O) groups excluding carboxylic acids is 1. The predicted octanol–water partition coefficient (Wildman–Crippen LogP) is 4.64. The van der Waals surface area contributed by atoms with Gasteiger partial charge in [0.15, 0.2) is 0 Å². The highest BCUT2D eigenvalue weighted by atomic mass is 35.5. The summed E-state index contributed by atoms with van der Waals surface area (Å²) in [5, 5.41) is 3.97. The Labute approximate surface area is 179 Å². The molecule has 1 aromatic heterocycles. The lowest BCUT2D eigenvalue weighted by Crippen LogP contribution is -2.38. The van der Waals surface area contributed by atoms with Crippen LogP contribution >= 0.6 is 23.2 Å². The lowest BCUT2D eigenvalue weighted by Gasteiger charge is -2.29. The molecule has 3 aromatic rings. The van der Waals surface area contributed by atoms with Gasteiger partial charge in [0.2, 0.25) is 0 Å². The number of carbonyl (C=O) groups is 1. The number of aryl methyl sites for hydroxylation is 1. The lowest BCUT2D eigenvalue weighted by atomic mass is 9.85. The average Bonchev–Trinajstić information content (AvgIpc) is 2.96. The molecule has 1 aliphatic rings. The molecule has 1 N–H and O–H groups in total. The number of nitrogens with zero attached hydrogens (tertiary/aromatic N) is 2. The Morgan fingerprint density at radius 3 is 2.48 bits per heavy atom. The van der Waals surface area contributed by atoms with Gasteiger partial charge in [-0.15, -0.1) is 0 Å². The minimum atomic E-state index is -0.189. The number of amides is 1. The van der Waals surface area contributed by atoms with Gasteiger partial charge in [0.25, 0.3) is 5.91 Å². The van der Waals surface area contributed by atoms with Crippen LogP contribution in [0.4, 0.5) is 0 Å². The van der Waals surface area contributed by atoms with Crippen LogP contribution in [0.3, 0.4) is 0 Å². The summed E-state index contributed by atoms with van der Waals surface area (Å²) >= 11 is 12.1. The molecule has 0 bridgehead atoms. The summed E-state index contributed by atoms with van der Waals surface area (Å²) in [6, 6.07) is 12.9. The molecule has 0 aliphatic heterocycles. The van der Waals surface area contributed by atoms with Crippen LogP contribution in [0.15, 0.2) is 47.3 Å². The first-order chi connectivity index (χ1) is 13.9. The maximum absolute atomic E-state index is 12.6. The van der Waals surface area contributed by atoms with E-state index in [1.165, 1.54) is 0 Å². The second kappa shape index (κ2) is 8.25. The van der Waals surface area contributed by atoms with Gasteiger partial charge in [0, 0.05) is 24.7 Å². The van der Waals surface area contributed by atoms with E-state index in [0.717, 1.165) is 36.7 Å². The molecule has 1 amide bonds. The van der Waals surface area contributed by atoms with Crippen molar-refractivity contribution in [3.8, 4) is 0 Å². The lowest BCUT2D eigenvalue weighted by molar-refractivity contribution is 0.0920. The van der Waals surface area contributed by atoms with E-state index in [2.05, 4.69) is 5.32 Å². The Hall–Kier alpha value is -2.24. The van der Waals surface area contributed by atoms with Crippen LogP contribution in [0.2, 0.25) is 10.0 Å². The second-order valence-corrected chi connectivity index (χ2v) is 8.60. The molecular formula is C22H23Cl2N3O2. The molecule has 7 heteroatoms. The summed E-state index contributed by atoms with van der Waals surface area (Å²) < 4.78 is 3.58. The molecule has 0 saturated heterocycles. The first-order valence-electron chi connectivity index (χ1n) is 9.84. The highest BCUT2D eigenvalue weighted by Gasteiger charge is 2.25. The molecule has 5 nitrogen and oxygen atoms in total. The molecule has 1 fully saturated rings. The maximum atomic E-state index is 12.6. The van der Waals surface area contributed by atoms with Gasteiger partial charge in [-0.1, -0.05) is 35.3 Å². The van der Waals surface area contributed by atoms with Crippen LogP contribution in [-0.2, 0) is 13.6 Å². The van der Waals surface area contributed by atoms with Crippen LogP contribution in [0.5, 0.6) is 0 Å². The summed E-state index contributed by atoms with van der Waals surface area (Å²) in [5.41, 5.74) is 2.36. The number of aromatic nitrogens is 2. The Bertz CT molecular complexity index is 1110. The van der Waals surface area contributed by atoms with Gasteiger partial charge in [0.1, 0.15) is 0 Å². The van der Waals surface area contributed by atoms with E-state index < -0.39 is 0 Å². The van der Waals surface area contributed by atoms with E-state index in [9.17, 15) is 9.59 Å². The smallest absolute Gasteiger partial charge is 0.328 e. The molecule has 1 heterocycles. The molecule has 1 saturated carbocycles. The highest BCUT2D eigenvalue weighted by Crippen LogP contribution is 2.27. The standard InChI is InChI=1S/C22H23Cl2N3O2/c1-26-19-4-2-3-5-20(19)27(22(26)29)13-14-6-9-16(10-7-14)25-21(28)17-12-15(23)8-11-18(17)24/h2-5,8,11-12,14,16H,6-7,9-10,13H2,1H3,(H,25,28). The fraction of sp³-hybridized carbons (Fsp3) is 0.364. The first-order valence-corrected chi connectivity index (χ1v) is 10.6. The molecule has 152 valence electrons. The van der Waals surface area contributed by atoms with Gasteiger partial charge in [-0.25, -0.2) is 4.79 Å². The van der Waals surface area contributed by atoms with Gasteiger partial charge in [-0.05, 0) is 61.9 Å². The largest absolute Gasteiger partial charge is 0.349 e. The minimum Gasteiger partial charge on any atom is -0.349 e. The molecule has 2 aromatic carbocycles. The average molecular weight is 432 g/mol. The molecule has 0 radical (unpaired) electrons. The maximum Gasteiger partial charge on any atom is 0.328 e. The molecule has 29 heavy (non-hydrogen) atoms. The van der Waals surface area contributed by atoms with Crippen LogP contribution in [0, 0.1) is 5.92 Å². The van der Waals surface area contributed by atoms with Crippen molar-refractivity contribution in [2.75, 3.05) is 0 Å². The quantitative estimate of drug-likeness (QED) is 0.654. The van der Waals surface area contributed by atoms with E-state index in [0.29, 0.717) is 28.1 Å². The zero-order chi connectivity index (χ0) is 20.5. The SMILES string of the molecule is Cn1c(=O)n(CC2CCC(NC(=O)c3cc(Cl)ccc3Cl)CC2)c2ccccc21. The van der Waals surface area contributed by atoms with E-state index in [-0.39, 0.29) is 17.6 Å². The monoisotopic (exact) mass is 431 g/mol. The minimum absolute atomic E-state index is 0.0252. The third kappa shape index (κ3) is 4.07. The van der Waals surface area contributed by atoms with Crippen LogP contribution in [0.25, 0.3) is 11.0 Å². The Kier molecular flexibility index (Phi) is 5.70. The number of nitrogens with one attached hydrogen (secondary N) is 1. The van der Waals surface area contributed by atoms with Crippen LogP contribution < -0.4 is 11.0 Å². The number of fused-ring (bicyclic) bond motifs is 1. The Balaban J connectivity index is 1.39. The Morgan fingerprint density at radius 1 is 1.07 bits per heavy atom. The van der Waals surface area contributed by atoms with Crippen molar-refractivity contribution in [1.29, 1.82) is 0 Å². The topological polar surface area (TPSA) is 56.0 Å². The summed E-state index contributed by atoms with van der Waals surface area (Å²) in [7, 11) is 1.81. The molecule has 0 spiro atoms. The zero-order valence-corrected chi connectivity index (χ0v) is 17.7. The van der Waals surface area contributed by atoms with Crippen molar-refractivity contribution in [2.45, 2.75) is 38.3 Å². The summed E-state index contributed by atoms with van der Waals surface area (Å²) in [4.78, 5) is 25.2. The number of para-hydroxylation sites is 2. The molecule has 0 atom stereocenters. The van der Waals surface area contributed by atoms with Crippen molar-refractivity contribution in [3.63, 3.8) is 0 Å². The predicted molar refractivity (Wildman–Crippen MR) is 117 cm³/mol. The normalized spacial score (nSPS) is 19.4. The molecule has 1 aliphatic carbocycles. The number of benzene rings is 2. The third-order valence-corrected chi connectivity index (χ3v) is 6.41. The van der Waals surface area contributed by atoms with Gasteiger partial charge in [-0.3, -0.25) is 13.9 Å². The van der Waals surface area contributed by atoms with Crippen molar-refractivity contribution in [2.24, 2.45) is 13.0 Å². The second-order valence-electron chi connectivity index (χ2n) is 7.76. The van der Waals surface area contributed by atoms with Gasteiger partial charge < -0.3 is 5.32 Å². The van der Waals surface area contributed by atoms with Crippen molar-refractivity contribution in [3.05, 3.63) is 68.6 Å². The van der Waals surface area contributed by atoms with E-state index in [1.54, 1.807) is 22.8 Å². The zero-order valence-electron chi connectivity index (χ0n) is 16.2. The molecule has 4 rings (SSSR count). The number of rotatable bonds is 4. The summed E-state index contributed by atoms with van der Waals surface area (Å²) in [5.74, 6) is 0.229. The van der Waals surface area contributed by atoms with E-state index in [4.69, 9.17) is 23.2 Å². The highest BCUT2D eigenvalue weighted by molar-refractivity contribution is 6.35. The summed E-state index contributed by atoms with van der Waals surface area (Å²) in [6.45, 7) is 0.709. The van der Waals surface area contributed by atoms with Gasteiger partial charge in [0.05, 0.1) is 21.6 Å². The fourth-order valence-electron chi connectivity index (χ4n) is 4.22. The fourth-order valence-corrected chi connectivity index (χ4v) is 4.60. The molecule has 0 unspecified atom stereocenters. The number of hydrogen-bond donors (Lipinski definition) is 1. The Morgan fingerprint density at radius 2 is 1.76 bits per heavy atom. The first kappa shape index (κ1) is 20.0. The summed E-state index contributed by atoms with van der Waals surface area (Å²) in [6.07, 6.45) is 3.69. The van der Waals surface area contributed by atoms with Crippen LogP contribution in [0.1, 0.15) is 36.0 Å². The number of halogens is 2. The van der Waals surface area contributed by atoms with E-state index >= 15 is 0 Å². The third-order valence-electron chi connectivity index (χ3n) is 5.85. The van der Waals surface area contributed by atoms with Crippen LogP contribution in [-0.4, -0.2) is 21.1 Å². The molecular weight excluding hydrogens is 409 g/mol. The number of hydrogen-bond acceptors (Lipinski definition) is 2. The van der Waals surface area contributed by atoms with Gasteiger partial charge in [-0.2, -0.15) is 0 Å². The van der Waals surface area contributed by atoms with Crippen molar-refractivity contribution < 1.29 is 4.79 Å². The van der Waals surface area contributed by atoms with Crippen molar-refractivity contribution >= 4 is 40.1 Å². The van der Waals surface area contributed by atoms with Crippen molar-refractivity contribution in [1.82, 2.24) is 14.5 Å². The van der Waals surface area contributed by atoms with E-state index in [1.807, 2.05) is 35.9 Å². The number of imidazole rings is 1.